The van der Waals surface area contributed by atoms with E-state index in [1.165, 1.54) is 24.5 Å². The van der Waals surface area contributed by atoms with Gasteiger partial charge in [-0.1, -0.05) is 43.3 Å². The predicted molar refractivity (Wildman–Crippen MR) is 98.2 cm³/mol. The van der Waals surface area contributed by atoms with Crippen LogP contribution in [-0.2, 0) is 6.18 Å². The number of halogens is 3. The fourth-order valence-electron chi connectivity index (χ4n) is 2.72. The van der Waals surface area contributed by atoms with Crippen LogP contribution in [0.2, 0.25) is 0 Å². The molecule has 0 aliphatic carbocycles. The molecule has 0 radical (unpaired) electrons. The van der Waals surface area contributed by atoms with Gasteiger partial charge in [-0.3, -0.25) is 9.36 Å². The number of nitrogens with zero attached hydrogens (tertiary/aromatic N) is 2. The van der Waals surface area contributed by atoms with Crippen LogP contribution in [0.4, 0.5) is 19.0 Å². The van der Waals surface area contributed by atoms with Crippen LogP contribution in [0.25, 0.3) is 5.69 Å². The Kier molecular flexibility index (Phi) is 5.30. The van der Waals surface area contributed by atoms with E-state index in [0.717, 1.165) is 22.3 Å². The molecule has 1 aromatic heterocycles. The Hall–Kier alpha value is -3.09. The molecule has 2 aromatic carbocycles. The summed E-state index contributed by atoms with van der Waals surface area (Å²) in [7, 11) is 0. The Morgan fingerprint density at radius 1 is 1.11 bits per heavy atom. The minimum absolute atomic E-state index is 0.0951. The SMILES string of the molecule is C[C@@H](CNc1nccn(-c2cccc(C(F)(F)F)c2)c1=O)c1ccccc1. The summed E-state index contributed by atoms with van der Waals surface area (Å²) < 4.78 is 39.9. The Labute approximate surface area is 154 Å². The highest BCUT2D eigenvalue weighted by Gasteiger charge is 2.30. The van der Waals surface area contributed by atoms with Crippen LogP contribution < -0.4 is 10.9 Å². The molecule has 0 aliphatic rings. The second-order valence-electron chi connectivity index (χ2n) is 6.19. The lowest BCUT2D eigenvalue weighted by Crippen LogP contribution is -2.25. The molecule has 3 aromatic rings. The molecule has 27 heavy (non-hydrogen) atoms. The van der Waals surface area contributed by atoms with Crippen LogP contribution in [0.15, 0.2) is 71.8 Å². The van der Waals surface area contributed by atoms with E-state index in [1.807, 2.05) is 37.3 Å². The van der Waals surface area contributed by atoms with Crippen molar-refractivity contribution >= 4 is 5.82 Å². The average Bonchev–Trinajstić information content (AvgIpc) is 2.67. The normalized spacial score (nSPS) is 12.6. The summed E-state index contributed by atoms with van der Waals surface area (Å²) in [5, 5.41) is 3.00. The van der Waals surface area contributed by atoms with E-state index < -0.39 is 17.3 Å². The van der Waals surface area contributed by atoms with Gasteiger partial charge in [0.05, 0.1) is 5.56 Å². The van der Waals surface area contributed by atoms with Crippen molar-refractivity contribution in [2.75, 3.05) is 11.9 Å². The van der Waals surface area contributed by atoms with Crippen LogP contribution in [0.5, 0.6) is 0 Å². The Balaban J connectivity index is 1.84. The van der Waals surface area contributed by atoms with E-state index >= 15 is 0 Å². The minimum atomic E-state index is -4.47. The first kappa shape index (κ1) is 18.7. The maximum atomic E-state index is 12.9. The van der Waals surface area contributed by atoms with Crippen molar-refractivity contribution < 1.29 is 13.2 Å². The van der Waals surface area contributed by atoms with Gasteiger partial charge in [0, 0.05) is 24.6 Å². The number of rotatable bonds is 5. The van der Waals surface area contributed by atoms with Gasteiger partial charge in [-0.15, -0.1) is 0 Å². The molecule has 3 rings (SSSR count). The smallest absolute Gasteiger partial charge is 0.365 e. The van der Waals surface area contributed by atoms with E-state index in [1.54, 1.807) is 0 Å². The first-order valence-corrected chi connectivity index (χ1v) is 8.40. The highest BCUT2D eigenvalue weighted by molar-refractivity contribution is 5.41. The molecule has 0 amide bonds. The van der Waals surface area contributed by atoms with Crippen LogP contribution in [-0.4, -0.2) is 16.1 Å². The van der Waals surface area contributed by atoms with Gasteiger partial charge < -0.3 is 5.32 Å². The third-order valence-corrected chi connectivity index (χ3v) is 4.24. The maximum absolute atomic E-state index is 12.9. The van der Waals surface area contributed by atoms with Crippen molar-refractivity contribution in [2.24, 2.45) is 0 Å². The standard InChI is InChI=1S/C20H18F3N3O/c1-14(15-6-3-2-4-7-15)13-25-18-19(27)26(11-10-24-18)17-9-5-8-16(12-17)20(21,22)23/h2-12,14H,13H2,1H3,(H,24,25)/t14-/m0/s1. The zero-order chi connectivity index (χ0) is 19.4. The van der Waals surface area contributed by atoms with Crippen LogP contribution in [0.1, 0.15) is 24.0 Å². The molecule has 7 heteroatoms. The largest absolute Gasteiger partial charge is 0.416 e. The third-order valence-electron chi connectivity index (χ3n) is 4.24. The molecule has 0 saturated carbocycles. The molecule has 0 spiro atoms. The number of nitrogens with one attached hydrogen (secondary N) is 1. The summed E-state index contributed by atoms with van der Waals surface area (Å²) in [5.74, 6) is 0.229. The zero-order valence-corrected chi connectivity index (χ0v) is 14.6. The lowest BCUT2D eigenvalue weighted by Gasteiger charge is -2.14. The van der Waals surface area contributed by atoms with Crippen molar-refractivity contribution in [3.63, 3.8) is 0 Å². The molecule has 0 aliphatic heterocycles. The van der Waals surface area contributed by atoms with Crippen LogP contribution in [0, 0.1) is 0 Å². The molecule has 0 saturated heterocycles. The molecular weight excluding hydrogens is 355 g/mol. The fraction of sp³-hybridized carbons (Fsp3) is 0.200. The number of hydrogen-bond acceptors (Lipinski definition) is 3. The lowest BCUT2D eigenvalue weighted by atomic mass is 10.0. The number of anilines is 1. The number of aromatic nitrogens is 2. The van der Waals surface area contributed by atoms with Crippen LogP contribution >= 0.6 is 0 Å². The average molecular weight is 373 g/mol. The molecule has 1 N–H and O–H groups in total. The van der Waals surface area contributed by atoms with E-state index in [2.05, 4.69) is 10.3 Å². The Morgan fingerprint density at radius 3 is 2.56 bits per heavy atom. The molecule has 1 heterocycles. The molecular formula is C20H18F3N3O. The van der Waals surface area contributed by atoms with Gasteiger partial charge in [-0.2, -0.15) is 13.2 Å². The molecule has 0 bridgehead atoms. The maximum Gasteiger partial charge on any atom is 0.416 e. The summed E-state index contributed by atoms with van der Waals surface area (Å²) in [6.07, 6.45) is -1.74. The van der Waals surface area contributed by atoms with Crippen molar-refractivity contribution in [3.8, 4) is 5.69 Å². The van der Waals surface area contributed by atoms with Gasteiger partial charge >= 0.3 is 6.18 Å². The minimum Gasteiger partial charge on any atom is -0.365 e. The van der Waals surface area contributed by atoms with E-state index in [-0.39, 0.29) is 17.4 Å². The summed E-state index contributed by atoms with van der Waals surface area (Å²) >= 11 is 0. The number of benzene rings is 2. The Morgan fingerprint density at radius 2 is 1.85 bits per heavy atom. The summed E-state index contributed by atoms with van der Waals surface area (Å²) in [4.78, 5) is 16.7. The van der Waals surface area contributed by atoms with Gasteiger partial charge in [0.15, 0.2) is 5.82 Å². The van der Waals surface area contributed by atoms with Gasteiger partial charge in [0.25, 0.3) is 5.56 Å². The highest BCUT2D eigenvalue weighted by Crippen LogP contribution is 2.30. The Bertz CT molecular complexity index is 968. The van der Waals surface area contributed by atoms with E-state index in [4.69, 9.17) is 0 Å². The highest BCUT2D eigenvalue weighted by atomic mass is 19.4. The zero-order valence-electron chi connectivity index (χ0n) is 14.6. The number of alkyl halides is 3. The van der Waals surface area contributed by atoms with Crippen molar-refractivity contribution in [2.45, 2.75) is 19.0 Å². The lowest BCUT2D eigenvalue weighted by molar-refractivity contribution is -0.137. The monoisotopic (exact) mass is 373 g/mol. The van der Waals surface area contributed by atoms with Crippen molar-refractivity contribution in [1.82, 2.24) is 9.55 Å². The van der Waals surface area contributed by atoms with Gasteiger partial charge in [-0.25, -0.2) is 4.98 Å². The van der Waals surface area contributed by atoms with Gasteiger partial charge in [-0.05, 0) is 29.7 Å². The molecule has 0 unspecified atom stereocenters. The molecule has 4 nitrogen and oxygen atoms in total. The third kappa shape index (κ3) is 4.36. The molecule has 0 fully saturated rings. The topological polar surface area (TPSA) is 46.9 Å². The summed E-state index contributed by atoms with van der Waals surface area (Å²) in [6.45, 7) is 2.48. The second kappa shape index (κ2) is 7.65. The van der Waals surface area contributed by atoms with Gasteiger partial charge in [0.1, 0.15) is 0 Å². The van der Waals surface area contributed by atoms with Gasteiger partial charge in [0.2, 0.25) is 0 Å². The van der Waals surface area contributed by atoms with E-state index in [0.29, 0.717) is 6.54 Å². The van der Waals surface area contributed by atoms with Crippen molar-refractivity contribution in [1.29, 1.82) is 0 Å². The first-order valence-electron chi connectivity index (χ1n) is 8.40. The quantitative estimate of drug-likeness (QED) is 0.718. The molecule has 1 atom stereocenters. The summed E-state index contributed by atoms with van der Waals surface area (Å²) in [5.41, 5.74) is -0.0662. The predicted octanol–water partition coefficient (Wildman–Crippen LogP) is 4.47. The van der Waals surface area contributed by atoms with Crippen LogP contribution in [0.3, 0.4) is 0 Å². The van der Waals surface area contributed by atoms with Crippen molar-refractivity contribution in [3.05, 3.63) is 88.5 Å². The first-order chi connectivity index (χ1) is 12.9. The summed E-state index contributed by atoms with van der Waals surface area (Å²) in [6, 6.07) is 14.4. The second-order valence-corrected chi connectivity index (χ2v) is 6.19. The fourth-order valence-corrected chi connectivity index (χ4v) is 2.72. The van der Waals surface area contributed by atoms with E-state index in [9.17, 15) is 18.0 Å². The number of hydrogen-bond donors (Lipinski definition) is 1. The molecule has 140 valence electrons.